The van der Waals surface area contributed by atoms with Crippen LogP contribution < -0.4 is 0 Å². The van der Waals surface area contributed by atoms with E-state index in [1.807, 2.05) is 6.92 Å². The molecule has 230 valence electrons. The second-order valence-electron chi connectivity index (χ2n) is 9.60. The summed E-state index contributed by atoms with van der Waals surface area (Å²) in [5, 5.41) is 1.04. The third-order valence-corrected chi connectivity index (χ3v) is 9.13. The number of hydrogen-bond donors (Lipinski definition) is 0. The summed E-state index contributed by atoms with van der Waals surface area (Å²) < 4.78 is 16.1. The van der Waals surface area contributed by atoms with E-state index in [0.717, 1.165) is 36.5 Å². The van der Waals surface area contributed by atoms with Gasteiger partial charge in [0.05, 0.1) is 0 Å². The maximum Gasteiger partial charge on any atom is 4.00 e. The minimum absolute atomic E-state index is 0. The summed E-state index contributed by atoms with van der Waals surface area (Å²) in [6.07, 6.45) is 30.0. The molecule has 0 N–H and O–H groups in total. The Bertz CT molecular complexity index is 436. The van der Waals surface area contributed by atoms with E-state index in [0.29, 0.717) is 0 Å². The molecule has 0 heterocycles. The Hall–Kier alpha value is 0.265. The molecule has 0 aromatic carbocycles. The fraction of sp³-hybridized carbons (Fsp3) is 0.788. The summed E-state index contributed by atoms with van der Waals surface area (Å²) in [7, 11) is 2.26. The first-order valence-electron chi connectivity index (χ1n) is 15.3. The van der Waals surface area contributed by atoms with E-state index < -0.39 is 8.80 Å². The van der Waals surface area contributed by atoms with Gasteiger partial charge in [0.2, 0.25) is 0 Å². The summed E-state index contributed by atoms with van der Waals surface area (Å²) in [4.78, 5) is 0. The standard InChI is InChI=1S/C9H15O3Si.3C8H17.Pt/c1-8-6-5-7-9(8)13(10-2,11-3)12-4;3*1-3-5-7-8-6-4-2;/h7H,5H2,1-4H3;3*1,3-8H2,2H3;/q4*-1;+4. The fourth-order valence-electron chi connectivity index (χ4n) is 3.83. The fourth-order valence-corrected chi connectivity index (χ4v) is 5.89. The van der Waals surface area contributed by atoms with Gasteiger partial charge in [0, 0.05) is 21.3 Å². The van der Waals surface area contributed by atoms with Gasteiger partial charge in [-0.05, 0) is 0 Å². The van der Waals surface area contributed by atoms with Crippen molar-refractivity contribution in [2.45, 2.75) is 150 Å². The van der Waals surface area contributed by atoms with Gasteiger partial charge < -0.3 is 34.0 Å². The van der Waals surface area contributed by atoms with Crippen LogP contribution in [0.2, 0.25) is 0 Å². The summed E-state index contributed by atoms with van der Waals surface area (Å²) in [5.74, 6) is 0. The van der Waals surface area contributed by atoms with E-state index in [1.54, 1.807) is 21.3 Å². The molecule has 0 spiro atoms. The summed E-state index contributed by atoms with van der Waals surface area (Å²) in [6, 6.07) is 0. The molecule has 38 heavy (non-hydrogen) atoms. The van der Waals surface area contributed by atoms with Crippen molar-refractivity contribution in [2.24, 2.45) is 0 Å². The molecule has 1 aliphatic rings. The van der Waals surface area contributed by atoms with E-state index in [9.17, 15) is 0 Å². The quantitative estimate of drug-likeness (QED) is 0.0752. The predicted octanol–water partition coefficient (Wildman–Crippen LogP) is 11.0. The van der Waals surface area contributed by atoms with Crippen LogP contribution in [0, 0.1) is 26.8 Å². The monoisotopic (exact) mass is 733 g/mol. The summed E-state index contributed by atoms with van der Waals surface area (Å²) in [5.41, 5.74) is 1.08. The molecule has 0 saturated heterocycles. The largest absolute Gasteiger partial charge is 4.00 e. The molecule has 0 bridgehead atoms. The summed E-state index contributed by atoms with van der Waals surface area (Å²) in [6.45, 7) is 20.1. The molecular formula is C33H66O3PtSi. The van der Waals surface area contributed by atoms with Crippen molar-refractivity contribution < 1.29 is 34.3 Å². The maximum absolute atomic E-state index is 5.36. The van der Waals surface area contributed by atoms with Crippen molar-refractivity contribution in [2.75, 3.05) is 21.3 Å². The minimum atomic E-state index is -2.59. The van der Waals surface area contributed by atoms with Gasteiger partial charge in [-0.1, -0.05) is 124 Å². The Labute approximate surface area is 257 Å². The van der Waals surface area contributed by atoms with Crippen molar-refractivity contribution in [3.8, 4) is 0 Å². The Morgan fingerprint density at radius 1 is 0.632 bits per heavy atom. The Morgan fingerprint density at radius 3 is 1.16 bits per heavy atom. The van der Waals surface area contributed by atoms with Gasteiger partial charge >= 0.3 is 29.9 Å². The average Bonchev–Trinajstić information content (AvgIpc) is 3.36. The van der Waals surface area contributed by atoms with Crippen molar-refractivity contribution >= 4 is 8.80 Å². The van der Waals surface area contributed by atoms with Gasteiger partial charge in [-0.2, -0.15) is 25.3 Å². The van der Waals surface area contributed by atoms with Gasteiger partial charge in [0.1, 0.15) is 0 Å². The maximum atomic E-state index is 5.36. The zero-order chi connectivity index (χ0) is 28.6. The van der Waals surface area contributed by atoms with Crippen molar-refractivity contribution in [3.05, 3.63) is 43.7 Å². The van der Waals surface area contributed by atoms with Gasteiger partial charge in [-0.25, -0.2) is 5.57 Å². The molecule has 3 nitrogen and oxygen atoms in total. The molecule has 0 aromatic rings. The molecule has 1 aliphatic carbocycles. The zero-order valence-corrected chi connectivity index (χ0v) is 29.9. The molecular weight excluding hydrogens is 668 g/mol. The van der Waals surface area contributed by atoms with Gasteiger partial charge in [-0.3, -0.25) is 6.08 Å². The zero-order valence-electron chi connectivity index (χ0n) is 26.7. The van der Waals surface area contributed by atoms with E-state index in [2.05, 4.69) is 53.7 Å². The molecule has 5 heteroatoms. The van der Waals surface area contributed by atoms with Crippen LogP contribution in [0.5, 0.6) is 0 Å². The molecule has 1 rings (SSSR count). The molecule has 0 atom stereocenters. The second-order valence-corrected chi connectivity index (χ2v) is 12.5. The Balaban J connectivity index is -0.000000207. The van der Waals surface area contributed by atoms with Crippen molar-refractivity contribution in [3.63, 3.8) is 0 Å². The third-order valence-electron chi connectivity index (χ3n) is 6.27. The van der Waals surface area contributed by atoms with E-state index >= 15 is 0 Å². The molecule has 0 unspecified atom stereocenters. The number of hydrogen-bond acceptors (Lipinski definition) is 3. The molecule has 0 aromatic heterocycles. The van der Waals surface area contributed by atoms with E-state index in [4.69, 9.17) is 13.3 Å². The van der Waals surface area contributed by atoms with Crippen LogP contribution in [0.4, 0.5) is 0 Å². The predicted molar refractivity (Wildman–Crippen MR) is 168 cm³/mol. The van der Waals surface area contributed by atoms with Crippen LogP contribution in [0.3, 0.4) is 0 Å². The first kappa shape index (κ1) is 45.3. The van der Waals surface area contributed by atoms with Crippen LogP contribution in [-0.2, 0) is 34.3 Å². The van der Waals surface area contributed by atoms with E-state index in [1.165, 1.54) is 96.3 Å². The van der Waals surface area contributed by atoms with Crippen molar-refractivity contribution in [1.29, 1.82) is 0 Å². The minimum Gasteiger partial charge on any atom is -0.386 e. The first-order valence-corrected chi connectivity index (χ1v) is 17.0. The smallest absolute Gasteiger partial charge is 0.386 e. The topological polar surface area (TPSA) is 27.7 Å². The third kappa shape index (κ3) is 27.8. The Kier molecular flexibility index (Phi) is 44.4. The van der Waals surface area contributed by atoms with Gasteiger partial charge in [0.25, 0.3) is 0 Å². The van der Waals surface area contributed by atoms with Gasteiger partial charge in [-0.15, -0.1) is 11.6 Å². The average molecular weight is 734 g/mol. The van der Waals surface area contributed by atoms with Crippen LogP contribution >= 0.6 is 0 Å². The Morgan fingerprint density at radius 2 is 0.947 bits per heavy atom. The van der Waals surface area contributed by atoms with Crippen LogP contribution in [0.15, 0.2) is 16.8 Å². The first-order chi connectivity index (χ1) is 17.9. The van der Waals surface area contributed by atoms with Crippen LogP contribution in [-0.4, -0.2) is 30.1 Å². The normalized spacial score (nSPS) is 12.1. The molecule has 0 aliphatic heterocycles. The SMILES string of the molecule is CO[Si](OC)(OC)C1=CC[C-]=C1C.[CH2-]CCCCCCC.[CH2-]CCCCCCC.[CH2-]CCCCCCC.[Pt+4]. The number of rotatable bonds is 19. The number of allylic oxidation sites excluding steroid dienone is 4. The number of unbranched alkanes of at least 4 members (excludes halogenated alkanes) is 15. The molecule has 0 amide bonds. The van der Waals surface area contributed by atoms with Gasteiger partial charge in [0.15, 0.2) is 0 Å². The second kappa shape index (κ2) is 37.3. The van der Waals surface area contributed by atoms with Crippen LogP contribution in [0.25, 0.3) is 0 Å². The van der Waals surface area contributed by atoms with Crippen molar-refractivity contribution in [1.82, 2.24) is 0 Å². The molecule has 0 saturated carbocycles. The van der Waals surface area contributed by atoms with E-state index in [-0.39, 0.29) is 21.1 Å². The molecule has 0 fully saturated rings. The van der Waals surface area contributed by atoms with Crippen LogP contribution in [0.1, 0.15) is 150 Å². The molecule has 0 radical (unpaired) electrons. The summed E-state index contributed by atoms with van der Waals surface area (Å²) >= 11 is 0.